The molecule has 0 aliphatic carbocycles. The molecular formula is C16H8Cl2F3N3O2. The van der Waals surface area contributed by atoms with Gasteiger partial charge in [0.2, 0.25) is 0 Å². The number of aromatic carboxylic acids is 1. The average molecular weight is 402 g/mol. The number of carbonyl (C=O) groups is 1. The normalized spacial score (nSPS) is 11.6. The first-order valence-electron chi connectivity index (χ1n) is 7.00. The molecule has 0 bridgehead atoms. The van der Waals surface area contributed by atoms with Crippen molar-refractivity contribution in [3.05, 3.63) is 63.9 Å². The Kier molecular flexibility index (Phi) is 4.64. The fraction of sp³-hybridized carbons (Fsp3) is 0.0625. The smallest absolute Gasteiger partial charge is 0.434 e. The minimum Gasteiger partial charge on any atom is -0.478 e. The molecule has 1 N–H and O–H groups in total. The third-order valence-corrected chi connectivity index (χ3v) is 4.27. The van der Waals surface area contributed by atoms with Crippen LogP contribution in [0.25, 0.3) is 17.1 Å². The molecule has 0 spiro atoms. The van der Waals surface area contributed by atoms with Crippen LogP contribution >= 0.6 is 23.2 Å². The van der Waals surface area contributed by atoms with Crippen LogP contribution in [0.2, 0.25) is 10.0 Å². The number of rotatable bonds is 3. The molecule has 1 aromatic carbocycles. The molecule has 10 heteroatoms. The number of aromatic nitrogens is 3. The Morgan fingerprint density at radius 2 is 1.81 bits per heavy atom. The van der Waals surface area contributed by atoms with E-state index < -0.39 is 23.4 Å². The van der Waals surface area contributed by atoms with E-state index in [0.717, 1.165) is 0 Å². The van der Waals surface area contributed by atoms with Crippen LogP contribution in [0, 0.1) is 0 Å². The van der Waals surface area contributed by atoms with Crippen molar-refractivity contribution in [3.8, 4) is 17.1 Å². The summed E-state index contributed by atoms with van der Waals surface area (Å²) in [7, 11) is 0. The zero-order valence-electron chi connectivity index (χ0n) is 12.6. The Balaban J connectivity index is 2.19. The monoisotopic (exact) mass is 401 g/mol. The van der Waals surface area contributed by atoms with E-state index in [1.165, 1.54) is 18.2 Å². The summed E-state index contributed by atoms with van der Waals surface area (Å²) in [6.07, 6.45) is -4.30. The number of pyridine rings is 1. The molecule has 3 rings (SSSR count). The number of hydrogen-bond donors (Lipinski definition) is 1. The van der Waals surface area contributed by atoms with Gasteiger partial charge in [0, 0.05) is 5.56 Å². The molecule has 3 aromatic rings. The van der Waals surface area contributed by atoms with Crippen LogP contribution in [-0.2, 0) is 6.18 Å². The van der Waals surface area contributed by atoms with Gasteiger partial charge in [0.1, 0.15) is 5.56 Å². The van der Waals surface area contributed by atoms with E-state index in [0.29, 0.717) is 16.4 Å². The number of nitrogens with zero attached hydrogens (tertiary/aromatic N) is 3. The van der Waals surface area contributed by atoms with E-state index >= 15 is 0 Å². The largest absolute Gasteiger partial charge is 0.478 e. The van der Waals surface area contributed by atoms with Crippen LogP contribution in [0.1, 0.15) is 16.1 Å². The number of carboxylic acid groups (broad SMARTS) is 1. The van der Waals surface area contributed by atoms with Crippen LogP contribution in [0.15, 0.2) is 42.6 Å². The maximum atomic E-state index is 13.3. The number of benzene rings is 1. The van der Waals surface area contributed by atoms with Crippen molar-refractivity contribution >= 4 is 29.2 Å². The summed E-state index contributed by atoms with van der Waals surface area (Å²) in [5.74, 6) is -1.95. The molecule has 0 saturated carbocycles. The van der Waals surface area contributed by atoms with Crippen molar-refractivity contribution < 1.29 is 23.1 Å². The first-order chi connectivity index (χ1) is 12.2. The zero-order chi connectivity index (χ0) is 19.1. The second-order valence-corrected chi connectivity index (χ2v) is 5.89. The fourth-order valence-electron chi connectivity index (χ4n) is 2.34. The maximum Gasteiger partial charge on any atom is 0.434 e. The molecule has 2 heterocycles. The number of carboxylic acids is 1. The SMILES string of the molecule is O=C(O)c1cnn(-c2cccc(-c3cccc(Cl)c3Cl)n2)c1C(F)(F)F. The summed E-state index contributed by atoms with van der Waals surface area (Å²) in [6.45, 7) is 0. The molecule has 134 valence electrons. The number of halogens is 5. The van der Waals surface area contributed by atoms with Gasteiger partial charge in [-0.05, 0) is 18.2 Å². The summed E-state index contributed by atoms with van der Waals surface area (Å²) < 4.78 is 40.5. The highest BCUT2D eigenvalue weighted by atomic mass is 35.5. The van der Waals surface area contributed by atoms with Gasteiger partial charge >= 0.3 is 12.1 Å². The molecule has 0 atom stereocenters. The van der Waals surface area contributed by atoms with Gasteiger partial charge in [-0.15, -0.1) is 0 Å². The summed E-state index contributed by atoms with van der Waals surface area (Å²) in [5.41, 5.74) is -1.71. The third-order valence-electron chi connectivity index (χ3n) is 3.45. The van der Waals surface area contributed by atoms with Gasteiger partial charge in [-0.3, -0.25) is 0 Å². The highest BCUT2D eigenvalue weighted by Gasteiger charge is 2.41. The van der Waals surface area contributed by atoms with Crippen LogP contribution in [0.4, 0.5) is 13.2 Å². The maximum absolute atomic E-state index is 13.3. The highest BCUT2D eigenvalue weighted by Crippen LogP contribution is 2.35. The lowest BCUT2D eigenvalue weighted by atomic mass is 10.1. The molecule has 0 aliphatic heterocycles. The van der Waals surface area contributed by atoms with E-state index in [9.17, 15) is 18.0 Å². The Bertz CT molecular complexity index is 1000. The van der Waals surface area contributed by atoms with Gasteiger partial charge in [0.15, 0.2) is 11.5 Å². The molecule has 0 unspecified atom stereocenters. The predicted molar refractivity (Wildman–Crippen MR) is 88.8 cm³/mol. The Morgan fingerprint density at radius 1 is 1.12 bits per heavy atom. The molecule has 5 nitrogen and oxygen atoms in total. The quantitative estimate of drug-likeness (QED) is 0.673. The number of alkyl halides is 3. The summed E-state index contributed by atoms with van der Waals surface area (Å²) >= 11 is 12.1. The lowest BCUT2D eigenvalue weighted by Gasteiger charge is -2.12. The average Bonchev–Trinajstić information content (AvgIpc) is 3.03. The van der Waals surface area contributed by atoms with Crippen molar-refractivity contribution in [1.29, 1.82) is 0 Å². The van der Waals surface area contributed by atoms with Gasteiger partial charge in [-0.1, -0.05) is 41.4 Å². The molecule has 0 radical (unpaired) electrons. The van der Waals surface area contributed by atoms with E-state index in [-0.39, 0.29) is 21.6 Å². The van der Waals surface area contributed by atoms with Crippen LogP contribution in [0.3, 0.4) is 0 Å². The molecule has 0 saturated heterocycles. The first-order valence-corrected chi connectivity index (χ1v) is 7.76. The molecule has 0 amide bonds. The van der Waals surface area contributed by atoms with E-state index in [2.05, 4.69) is 10.1 Å². The molecule has 0 fully saturated rings. The molecule has 2 aromatic heterocycles. The van der Waals surface area contributed by atoms with E-state index in [1.807, 2.05) is 0 Å². The van der Waals surface area contributed by atoms with Crippen molar-refractivity contribution in [2.45, 2.75) is 6.18 Å². The van der Waals surface area contributed by atoms with Crippen LogP contribution in [-0.4, -0.2) is 25.8 Å². The Morgan fingerprint density at radius 3 is 2.46 bits per heavy atom. The summed E-state index contributed by atoms with van der Waals surface area (Å²) in [6, 6.07) is 9.06. The fourth-order valence-corrected chi connectivity index (χ4v) is 2.74. The van der Waals surface area contributed by atoms with Gasteiger partial charge < -0.3 is 5.11 Å². The van der Waals surface area contributed by atoms with Crippen LogP contribution in [0.5, 0.6) is 0 Å². The topological polar surface area (TPSA) is 68.0 Å². The second kappa shape index (κ2) is 6.62. The zero-order valence-corrected chi connectivity index (χ0v) is 14.1. The lowest BCUT2D eigenvalue weighted by Crippen LogP contribution is -2.18. The minimum absolute atomic E-state index is 0.196. The molecular weight excluding hydrogens is 394 g/mol. The van der Waals surface area contributed by atoms with Crippen molar-refractivity contribution in [2.75, 3.05) is 0 Å². The molecule has 0 aliphatic rings. The van der Waals surface area contributed by atoms with Crippen molar-refractivity contribution in [1.82, 2.24) is 14.8 Å². The molecule has 26 heavy (non-hydrogen) atoms. The minimum atomic E-state index is -4.93. The highest BCUT2D eigenvalue weighted by molar-refractivity contribution is 6.43. The lowest BCUT2D eigenvalue weighted by molar-refractivity contribution is -0.143. The van der Waals surface area contributed by atoms with Crippen molar-refractivity contribution in [3.63, 3.8) is 0 Å². The number of hydrogen-bond acceptors (Lipinski definition) is 3. The summed E-state index contributed by atoms with van der Waals surface area (Å²) in [5, 5.41) is 13.0. The third kappa shape index (κ3) is 3.25. The predicted octanol–water partition coefficient (Wildman–Crippen LogP) is 4.96. The van der Waals surface area contributed by atoms with E-state index in [4.69, 9.17) is 28.3 Å². The Labute approximate surface area is 154 Å². The van der Waals surface area contributed by atoms with Crippen LogP contribution < -0.4 is 0 Å². The van der Waals surface area contributed by atoms with E-state index in [1.54, 1.807) is 18.2 Å². The second-order valence-electron chi connectivity index (χ2n) is 5.10. The van der Waals surface area contributed by atoms with Gasteiger partial charge in [0.05, 0.1) is 21.9 Å². The standard InChI is InChI=1S/C16H8Cl2F3N3O2/c17-10-4-1-3-8(13(10)18)11-5-2-6-12(23-11)24-14(16(19,20)21)9(7-22-24)15(25)26/h1-7H,(H,25,26). The van der Waals surface area contributed by atoms with Gasteiger partial charge in [-0.25, -0.2) is 14.5 Å². The first kappa shape index (κ1) is 18.2. The van der Waals surface area contributed by atoms with Gasteiger partial charge in [-0.2, -0.15) is 18.3 Å². The Hall–Kier alpha value is -2.58. The van der Waals surface area contributed by atoms with Gasteiger partial charge in [0.25, 0.3) is 0 Å². The summed E-state index contributed by atoms with van der Waals surface area (Å²) in [4.78, 5) is 15.2. The van der Waals surface area contributed by atoms with Crippen molar-refractivity contribution in [2.24, 2.45) is 0 Å².